The molecule has 3 saturated carbocycles. The van der Waals surface area contributed by atoms with Gasteiger partial charge >= 0.3 is 0 Å². The molecule has 0 saturated heterocycles. The number of methoxy groups -OCH3 is 1. The normalized spacial score (nSPS) is 47.4. The van der Waals surface area contributed by atoms with Crippen molar-refractivity contribution in [3.63, 3.8) is 0 Å². The molecule has 3 aliphatic rings. The molecule has 1 N–H and O–H groups in total. The number of carbonyl (C=O) groups is 1. The topological polar surface area (TPSA) is 59.4 Å². The van der Waals surface area contributed by atoms with Gasteiger partial charge in [-0.2, -0.15) is 0 Å². The first-order valence-corrected chi connectivity index (χ1v) is 11.9. The minimum Gasteiger partial charge on any atom is -0.392 e. The maximum atomic E-state index is 14.0. The Labute approximate surface area is 179 Å². The van der Waals surface area contributed by atoms with E-state index in [0.29, 0.717) is 12.3 Å². The van der Waals surface area contributed by atoms with Crippen LogP contribution in [0.3, 0.4) is 0 Å². The second kappa shape index (κ2) is 7.35. The SMILES string of the molecule is CO[C@@H]1CCC23CC[C@@H](C)[C@](C)(C12)[C@H](O)C[C@@](C)(Sc1ccccn1)C(=O)[C@@H]3C. The van der Waals surface area contributed by atoms with E-state index in [1.54, 1.807) is 13.3 Å². The van der Waals surface area contributed by atoms with Gasteiger partial charge in [0.25, 0.3) is 0 Å². The maximum absolute atomic E-state index is 14.0. The van der Waals surface area contributed by atoms with Gasteiger partial charge in [0.1, 0.15) is 0 Å². The number of carbonyl (C=O) groups excluding carboxylic acids is 1. The highest BCUT2D eigenvalue weighted by atomic mass is 32.2. The Morgan fingerprint density at radius 2 is 1.93 bits per heavy atom. The summed E-state index contributed by atoms with van der Waals surface area (Å²) < 4.78 is 5.28. The van der Waals surface area contributed by atoms with Crippen LogP contribution in [0, 0.1) is 28.6 Å². The second-order valence-corrected chi connectivity index (χ2v) is 11.7. The summed E-state index contributed by atoms with van der Waals surface area (Å²) in [5.74, 6) is 0.844. The number of rotatable bonds is 3. The van der Waals surface area contributed by atoms with Crippen molar-refractivity contribution < 1.29 is 14.6 Å². The zero-order valence-corrected chi connectivity index (χ0v) is 19.2. The number of nitrogens with zero attached hydrogens (tertiary/aromatic N) is 1. The van der Waals surface area contributed by atoms with Crippen molar-refractivity contribution in [3.05, 3.63) is 24.4 Å². The molecule has 3 fully saturated rings. The quantitative estimate of drug-likeness (QED) is 0.769. The smallest absolute Gasteiger partial charge is 0.152 e. The third-order valence-corrected chi connectivity index (χ3v) is 10.3. The lowest BCUT2D eigenvalue weighted by Gasteiger charge is -2.61. The Morgan fingerprint density at radius 3 is 2.59 bits per heavy atom. The van der Waals surface area contributed by atoms with Crippen LogP contribution >= 0.6 is 11.8 Å². The number of aliphatic hydroxyl groups is 1. The summed E-state index contributed by atoms with van der Waals surface area (Å²) in [6.45, 7) is 8.73. The first kappa shape index (κ1) is 21.3. The molecule has 0 amide bonds. The van der Waals surface area contributed by atoms with Crippen LogP contribution in [0.25, 0.3) is 0 Å². The average Bonchev–Trinajstić information content (AvgIpc) is 3.10. The molecule has 5 heteroatoms. The second-order valence-electron chi connectivity index (χ2n) is 10.1. The van der Waals surface area contributed by atoms with Crippen molar-refractivity contribution in [2.75, 3.05) is 7.11 Å². The summed E-state index contributed by atoms with van der Waals surface area (Å²) >= 11 is 1.53. The van der Waals surface area contributed by atoms with Crippen LogP contribution in [-0.2, 0) is 9.53 Å². The largest absolute Gasteiger partial charge is 0.392 e. The number of ether oxygens (including phenoxy) is 1. The molecule has 1 aromatic heterocycles. The molecule has 0 aliphatic heterocycles. The van der Waals surface area contributed by atoms with Crippen LogP contribution in [0.4, 0.5) is 0 Å². The van der Waals surface area contributed by atoms with Gasteiger partial charge in [-0.3, -0.25) is 4.79 Å². The molecule has 2 unspecified atom stereocenters. The van der Waals surface area contributed by atoms with Crippen LogP contribution in [0.15, 0.2) is 29.4 Å². The van der Waals surface area contributed by atoms with E-state index in [4.69, 9.17) is 4.74 Å². The number of pyridine rings is 1. The first-order valence-electron chi connectivity index (χ1n) is 11.0. The minimum absolute atomic E-state index is 0.0480. The molecular weight excluding hydrogens is 382 g/mol. The van der Waals surface area contributed by atoms with Gasteiger partial charge < -0.3 is 9.84 Å². The van der Waals surface area contributed by atoms with Crippen LogP contribution in [-0.4, -0.2) is 39.9 Å². The van der Waals surface area contributed by atoms with E-state index in [2.05, 4.69) is 25.8 Å². The third kappa shape index (κ3) is 3.02. The molecule has 1 aromatic rings. The number of thioether (sulfide) groups is 1. The third-order valence-electron chi connectivity index (χ3n) is 9.01. The van der Waals surface area contributed by atoms with E-state index in [0.717, 1.165) is 30.7 Å². The molecule has 29 heavy (non-hydrogen) atoms. The molecule has 4 rings (SSSR count). The summed E-state index contributed by atoms with van der Waals surface area (Å²) in [7, 11) is 1.80. The number of Topliss-reactive ketones (excluding diaryl/α,β-unsaturated/α-hetero) is 1. The van der Waals surface area contributed by atoms with E-state index < -0.39 is 10.9 Å². The molecule has 4 nitrogen and oxygen atoms in total. The fraction of sp³-hybridized carbons (Fsp3) is 0.750. The Morgan fingerprint density at radius 1 is 1.21 bits per heavy atom. The Bertz CT molecular complexity index is 773. The monoisotopic (exact) mass is 417 g/mol. The fourth-order valence-corrected chi connectivity index (χ4v) is 8.38. The molecule has 160 valence electrons. The van der Waals surface area contributed by atoms with Gasteiger partial charge in [-0.05, 0) is 68.4 Å². The highest BCUT2D eigenvalue weighted by molar-refractivity contribution is 8.01. The van der Waals surface area contributed by atoms with E-state index >= 15 is 0 Å². The standard InChI is InChI=1S/C24H35NO3S/c1-15-9-11-24-12-10-17(28-5)20(24)23(15,4)18(26)14-22(3,21(27)16(24)2)29-19-8-6-7-13-25-19/h6-8,13,15-18,20,26H,9-12,14H2,1-5H3/t15-,16+,17-,18-,20?,22-,23+,24?/m1/s1. The van der Waals surface area contributed by atoms with E-state index in [9.17, 15) is 9.90 Å². The van der Waals surface area contributed by atoms with Crippen molar-refractivity contribution in [1.29, 1.82) is 0 Å². The number of aromatic nitrogens is 1. The van der Waals surface area contributed by atoms with Crippen LogP contribution in [0.2, 0.25) is 0 Å². The minimum atomic E-state index is -0.686. The summed E-state index contributed by atoms with van der Waals surface area (Å²) in [5, 5.41) is 12.5. The van der Waals surface area contributed by atoms with E-state index in [-0.39, 0.29) is 34.6 Å². The van der Waals surface area contributed by atoms with Gasteiger partial charge in [-0.1, -0.05) is 38.6 Å². The summed E-state index contributed by atoms with van der Waals surface area (Å²) in [5.41, 5.74) is -0.331. The maximum Gasteiger partial charge on any atom is 0.152 e. The van der Waals surface area contributed by atoms with Crippen LogP contribution in [0.5, 0.6) is 0 Å². The van der Waals surface area contributed by atoms with Gasteiger partial charge in [-0.25, -0.2) is 4.98 Å². The van der Waals surface area contributed by atoms with Gasteiger partial charge in [0.05, 0.1) is 22.0 Å². The lowest BCUT2D eigenvalue weighted by Crippen LogP contribution is -2.63. The van der Waals surface area contributed by atoms with Gasteiger partial charge in [0, 0.05) is 24.6 Å². The lowest BCUT2D eigenvalue weighted by atomic mass is 9.45. The Hall–Kier alpha value is -0.910. The summed E-state index contributed by atoms with van der Waals surface area (Å²) in [4.78, 5) is 18.4. The number of aliphatic hydroxyl groups excluding tert-OH is 1. The number of ketones is 1. The van der Waals surface area contributed by atoms with Gasteiger partial charge in [-0.15, -0.1) is 0 Å². The Balaban J connectivity index is 1.81. The van der Waals surface area contributed by atoms with Crippen molar-refractivity contribution in [1.82, 2.24) is 4.98 Å². The van der Waals surface area contributed by atoms with Crippen molar-refractivity contribution >= 4 is 17.5 Å². The van der Waals surface area contributed by atoms with Crippen molar-refractivity contribution in [2.24, 2.45) is 28.6 Å². The van der Waals surface area contributed by atoms with Gasteiger partial charge in [0.2, 0.25) is 0 Å². The number of hydrogen-bond donors (Lipinski definition) is 1. The molecule has 0 aromatic carbocycles. The van der Waals surface area contributed by atoms with E-state index in [1.165, 1.54) is 11.8 Å². The highest BCUT2D eigenvalue weighted by Gasteiger charge is 2.67. The highest BCUT2D eigenvalue weighted by Crippen LogP contribution is 2.68. The van der Waals surface area contributed by atoms with Crippen molar-refractivity contribution in [3.8, 4) is 0 Å². The lowest BCUT2D eigenvalue weighted by molar-refractivity contribution is -0.182. The van der Waals surface area contributed by atoms with Gasteiger partial charge in [0.15, 0.2) is 5.78 Å². The molecule has 0 radical (unpaired) electrons. The zero-order valence-electron chi connectivity index (χ0n) is 18.4. The van der Waals surface area contributed by atoms with Crippen molar-refractivity contribution in [2.45, 2.75) is 81.8 Å². The molecule has 3 aliphatic carbocycles. The summed E-state index contributed by atoms with van der Waals surface area (Å²) in [6, 6.07) is 5.81. The van der Waals surface area contributed by atoms with Crippen LogP contribution in [0.1, 0.15) is 59.8 Å². The molecule has 2 bridgehead atoms. The fourth-order valence-electron chi connectivity index (χ4n) is 7.14. The predicted octanol–water partition coefficient (Wildman–Crippen LogP) is 4.75. The molecular formula is C24H35NO3S. The molecule has 0 spiro atoms. The summed E-state index contributed by atoms with van der Waals surface area (Å²) in [6.07, 6.45) is 5.93. The first-order chi connectivity index (χ1) is 13.7. The molecule has 8 atom stereocenters. The average molecular weight is 418 g/mol. The molecule has 1 heterocycles. The predicted molar refractivity (Wildman–Crippen MR) is 116 cm³/mol. The Kier molecular flexibility index (Phi) is 5.40. The van der Waals surface area contributed by atoms with Crippen LogP contribution < -0.4 is 0 Å². The zero-order chi connectivity index (χ0) is 21.0. The number of hydrogen-bond acceptors (Lipinski definition) is 5. The van der Waals surface area contributed by atoms with E-state index in [1.807, 2.05) is 25.1 Å².